The maximum atomic E-state index is 12.9. The van der Waals surface area contributed by atoms with Crippen LogP contribution in [0.1, 0.15) is 43.0 Å². The number of fused-ring (bicyclic) bond motifs is 1. The lowest BCUT2D eigenvalue weighted by Crippen LogP contribution is -2.39. The molecule has 1 aromatic carbocycles. The van der Waals surface area contributed by atoms with E-state index in [2.05, 4.69) is 34.3 Å². The van der Waals surface area contributed by atoms with Gasteiger partial charge in [-0.2, -0.15) is 0 Å². The monoisotopic (exact) mass is 436 g/mol. The van der Waals surface area contributed by atoms with Gasteiger partial charge in [-0.05, 0) is 36.8 Å². The van der Waals surface area contributed by atoms with E-state index in [9.17, 15) is 9.59 Å². The molecular weight excluding hydrogens is 404 g/mol. The summed E-state index contributed by atoms with van der Waals surface area (Å²) in [5.74, 6) is 0.728. The van der Waals surface area contributed by atoms with Crippen LogP contribution < -0.4 is 11.0 Å². The lowest BCUT2D eigenvalue weighted by molar-refractivity contribution is -0.130. The van der Waals surface area contributed by atoms with Gasteiger partial charge in [0, 0.05) is 38.6 Å². The van der Waals surface area contributed by atoms with E-state index in [1.807, 2.05) is 32.4 Å². The van der Waals surface area contributed by atoms with Gasteiger partial charge in [-0.15, -0.1) is 0 Å². The van der Waals surface area contributed by atoms with Crippen LogP contribution >= 0.6 is 0 Å². The van der Waals surface area contributed by atoms with Crippen LogP contribution in [-0.4, -0.2) is 43.0 Å². The summed E-state index contributed by atoms with van der Waals surface area (Å²) in [6.07, 6.45) is 10.0. The van der Waals surface area contributed by atoms with Crippen LogP contribution in [-0.2, 0) is 37.3 Å². The topological polar surface area (TPSA) is 88.0 Å². The fraction of sp³-hybridized carbons (Fsp3) is 0.458. The molecule has 0 saturated carbocycles. The van der Waals surface area contributed by atoms with E-state index in [4.69, 9.17) is 0 Å². The number of H-pyrrole nitrogens is 1. The van der Waals surface area contributed by atoms with E-state index < -0.39 is 0 Å². The highest BCUT2D eigenvalue weighted by Crippen LogP contribution is 2.19. The SMILES string of the molecule is CCCCc1c(NCC(=O)N2CCc3ccccc3C2)[nH]c(=O)n1CCCn1ccnc1. The molecular formula is C24H32N6O2. The number of imidazole rings is 2. The van der Waals surface area contributed by atoms with Gasteiger partial charge in [-0.3, -0.25) is 14.3 Å². The second kappa shape index (κ2) is 10.3. The molecule has 0 saturated heterocycles. The largest absolute Gasteiger partial charge is 0.361 e. The lowest BCUT2D eigenvalue weighted by atomic mass is 10.00. The number of aromatic amines is 1. The number of hydrogen-bond acceptors (Lipinski definition) is 4. The van der Waals surface area contributed by atoms with Crippen molar-refractivity contribution < 1.29 is 4.79 Å². The van der Waals surface area contributed by atoms with Gasteiger partial charge in [-0.1, -0.05) is 37.6 Å². The van der Waals surface area contributed by atoms with Crippen molar-refractivity contribution in [1.29, 1.82) is 0 Å². The summed E-state index contributed by atoms with van der Waals surface area (Å²) in [5.41, 5.74) is 3.37. The summed E-state index contributed by atoms with van der Waals surface area (Å²) in [5, 5.41) is 3.23. The molecule has 8 nitrogen and oxygen atoms in total. The molecule has 0 unspecified atom stereocenters. The third kappa shape index (κ3) is 5.12. The van der Waals surface area contributed by atoms with Gasteiger partial charge in [0.25, 0.3) is 0 Å². The van der Waals surface area contributed by atoms with Crippen LogP contribution in [0.2, 0.25) is 0 Å². The Balaban J connectivity index is 1.39. The van der Waals surface area contributed by atoms with Crippen LogP contribution in [0, 0.1) is 0 Å². The van der Waals surface area contributed by atoms with Crippen LogP contribution in [0.15, 0.2) is 47.8 Å². The molecule has 0 aliphatic carbocycles. The fourth-order valence-electron chi connectivity index (χ4n) is 4.31. The number of carbonyl (C=O) groups excluding carboxylic acids is 1. The molecule has 0 fully saturated rings. The van der Waals surface area contributed by atoms with Crippen molar-refractivity contribution in [2.75, 3.05) is 18.4 Å². The fourth-order valence-corrected chi connectivity index (χ4v) is 4.31. The van der Waals surface area contributed by atoms with Crippen molar-refractivity contribution in [3.05, 3.63) is 70.3 Å². The molecule has 3 heterocycles. The van der Waals surface area contributed by atoms with E-state index in [1.54, 1.807) is 12.5 Å². The minimum atomic E-state index is -0.122. The molecule has 0 bridgehead atoms. The normalized spacial score (nSPS) is 13.2. The van der Waals surface area contributed by atoms with Crippen molar-refractivity contribution in [3.8, 4) is 0 Å². The number of aryl methyl sites for hydroxylation is 1. The van der Waals surface area contributed by atoms with Gasteiger partial charge in [-0.25, -0.2) is 9.78 Å². The first kappa shape index (κ1) is 21.9. The smallest absolute Gasteiger partial charge is 0.327 e. The molecule has 170 valence electrons. The minimum Gasteiger partial charge on any atom is -0.361 e. The second-order valence-electron chi connectivity index (χ2n) is 8.35. The van der Waals surface area contributed by atoms with Crippen molar-refractivity contribution in [2.45, 2.75) is 58.7 Å². The number of hydrogen-bond donors (Lipinski definition) is 2. The molecule has 3 aromatic rings. The number of nitrogens with zero attached hydrogens (tertiary/aromatic N) is 4. The van der Waals surface area contributed by atoms with E-state index in [1.165, 1.54) is 11.1 Å². The van der Waals surface area contributed by atoms with Crippen molar-refractivity contribution in [3.63, 3.8) is 0 Å². The Morgan fingerprint density at radius 3 is 2.81 bits per heavy atom. The summed E-state index contributed by atoms with van der Waals surface area (Å²) in [7, 11) is 0. The predicted octanol–water partition coefficient (Wildman–Crippen LogP) is 2.80. The third-order valence-corrected chi connectivity index (χ3v) is 6.12. The van der Waals surface area contributed by atoms with Gasteiger partial charge in [0.2, 0.25) is 5.91 Å². The number of amides is 1. The first-order valence-corrected chi connectivity index (χ1v) is 11.5. The van der Waals surface area contributed by atoms with Crippen LogP contribution in [0.4, 0.5) is 5.82 Å². The molecule has 32 heavy (non-hydrogen) atoms. The first-order valence-electron chi connectivity index (χ1n) is 11.5. The molecule has 1 amide bonds. The molecule has 4 rings (SSSR count). The average Bonchev–Trinajstić information content (AvgIpc) is 3.44. The van der Waals surface area contributed by atoms with Crippen molar-refractivity contribution >= 4 is 11.7 Å². The highest BCUT2D eigenvalue weighted by Gasteiger charge is 2.21. The quantitative estimate of drug-likeness (QED) is 0.512. The standard InChI is InChI=1S/C24H32N6O2/c1-2-3-9-21-23(27-24(32)30(21)13-6-12-28-15-11-25-18-28)26-16-22(31)29-14-10-19-7-4-5-8-20(19)17-29/h4-5,7-8,11,15,18,26H,2-3,6,9-10,12-14,16-17H2,1H3,(H,27,32). The summed E-state index contributed by atoms with van der Waals surface area (Å²) in [4.78, 5) is 34.4. The molecule has 1 aliphatic heterocycles. The van der Waals surface area contributed by atoms with Crippen LogP contribution in [0.25, 0.3) is 0 Å². The molecule has 0 radical (unpaired) electrons. The van der Waals surface area contributed by atoms with E-state index in [0.717, 1.165) is 50.9 Å². The number of rotatable bonds is 10. The van der Waals surface area contributed by atoms with Crippen LogP contribution in [0.3, 0.4) is 0 Å². The van der Waals surface area contributed by atoms with E-state index in [-0.39, 0.29) is 18.1 Å². The Kier molecular flexibility index (Phi) is 7.09. The summed E-state index contributed by atoms with van der Waals surface area (Å²) in [6.45, 7) is 5.13. The summed E-state index contributed by atoms with van der Waals surface area (Å²) < 4.78 is 3.83. The highest BCUT2D eigenvalue weighted by molar-refractivity contribution is 5.81. The Morgan fingerprint density at radius 2 is 2.03 bits per heavy atom. The number of nitrogens with one attached hydrogen (secondary N) is 2. The molecule has 2 N–H and O–H groups in total. The Bertz CT molecular complexity index is 1080. The Hall–Kier alpha value is -3.29. The first-order chi connectivity index (χ1) is 15.7. The van der Waals surface area contributed by atoms with Gasteiger partial charge in [0.05, 0.1) is 18.6 Å². The van der Waals surface area contributed by atoms with E-state index in [0.29, 0.717) is 18.9 Å². The maximum absolute atomic E-state index is 12.9. The molecule has 2 aromatic heterocycles. The zero-order chi connectivity index (χ0) is 22.3. The summed E-state index contributed by atoms with van der Waals surface area (Å²) in [6, 6.07) is 8.29. The number of carbonyl (C=O) groups is 1. The number of aromatic nitrogens is 4. The van der Waals surface area contributed by atoms with Crippen LogP contribution in [0.5, 0.6) is 0 Å². The zero-order valence-corrected chi connectivity index (χ0v) is 18.7. The average molecular weight is 437 g/mol. The number of anilines is 1. The summed E-state index contributed by atoms with van der Waals surface area (Å²) >= 11 is 0. The molecule has 1 aliphatic rings. The van der Waals surface area contributed by atoms with Gasteiger partial charge in [0.1, 0.15) is 5.82 Å². The lowest BCUT2D eigenvalue weighted by Gasteiger charge is -2.29. The molecule has 8 heteroatoms. The Morgan fingerprint density at radius 1 is 1.19 bits per heavy atom. The van der Waals surface area contributed by atoms with Crippen molar-refractivity contribution in [1.82, 2.24) is 24.0 Å². The van der Waals surface area contributed by atoms with Crippen molar-refractivity contribution in [2.24, 2.45) is 0 Å². The number of benzene rings is 1. The zero-order valence-electron chi connectivity index (χ0n) is 18.7. The second-order valence-corrected chi connectivity index (χ2v) is 8.35. The maximum Gasteiger partial charge on any atom is 0.327 e. The van der Waals surface area contributed by atoms with E-state index >= 15 is 0 Å². The van der Waals surface area contributed by atoms with Gasteiger partial charge >= 0.3 is 5.69 Å². The number of unbranched alkanes of at least 4 members (excludes halogenated alkanes) is 1. The Labute approximate surface area is 188 Å². The highest BCUT2D eigenvalue weighted by atomic mass is 16.2. The third-order valence-electron chi connectivity index (χ3n) is 6.12. The minimum absolute atomic E-state index is 0.0506. The van der Waals surface area contributed by atoms with Gasteiger partial charge < -0.3 is 14.8 Å². The molecule has 0 atom stereocenters. The molecule has 0 spiro atoms. The van der Waals surface area contributed by atoms with Gasteiger partial charge in [0.15, 0.2) is 0 Å². The predicted molar refractivity (Wildman–Crippen MR) is 125 cm³/mol.